The summed E-state index contributed by atoms with van der Waals surface area (Å²) in [6, 6.07) is 0.215. The fraction of sp³-hybridized carbons (Fsp3) is 0.500. The Morgan fingerprint density at radius 3 is 2.39 bits per heavy atom. The molecule has 0 aromatic carbocycles. The zero-order valence-corrected chi connectivity index (χ0v) is 20.4. The van der Waals surface area contributed by atoms with E-state index in [2.05, 4.69) is 20.6 Å². The van der Waals surface area contributed by atoms with Crippen LogP contribution in [-0.4, -0.2) is 52.9 Å². The van der Waals surface area contributed by atoms with Crippen LogP contribution in [0.15, 0.2) is 0 Å². The minimum atomic E-state index is -1.32. The summed E-state index contributed by atoms with van der Waals surface area (Å²) in [6.45, 7) is 3.02. The van der Waals surface area contributed by atoms with E-state index in [1.807, 2.05) is 4.90 Å². The van der Waals surface area contributed by atoms with Gasteiger partial charge in [0.2, 0.25) is 5.91 Å². The minimum absolute atomic E-state index is 0. The van der Waals surface area contributed by atoms with E-state index < -0.39 is 5.97 Å². The third-order valence-corrected chi connectivity index (χ3v) is 8.27. The van der Waals surface area contributed by atoms with Crippen molar-refractivity contribution in [3.8, 4) is 0 Å². The number of fused-ring (bicyclic) bond motifs is 1. The van der Waals surface area contributed by atoms with Gasteiger partial charge in [-0.1, -0.05) is 34.5 Å². The van der Waals surface area contributed by atoms with E-state index in [1.165, 1.54) is 0 Å². The fourth-order valence-electron chi connectivity index (χ4n) is 4.26. The molecule has 2 saturated carbocycles. The molecule has 3 fully saturated rings. The van der Waals surface area contributed by atoms with Gasteiger partial charge in [-0.05, 0) is 19.8 Å². The molecule has 0 radical (unpaired) electrons. The smallest absolute Gasteiger partial charge is 0.544 e. The molecule has 2 amide bonds. The molecule has 13 heteroatoms. The largest absolute Gasteiger partial charge is 1.00 e. The maximum atomic E-state index is 12.6. The average Bonchev–Trinajstić information content (AvgIpc) is 3.50. The summed E-state index contributed by atoms with van der Waals surface area (Å²) in [4.78, 5) is 45.5. The Labute approximate surface area is 215 Å². The van der Waals surface area contributed by atoms with Gasteiger partial charge >= 0.3 is 18.9 Å². The number of hydrogen-bond acceptors (Lipinski definition) is 7. The number of nitrogens with one attached hydrogen (secondary N) is 3. The van der Waals surface area contributed by atoms with Crippen LogP contribution in [0.2, 0.25) is 10.0 Å². The predicted octanol–water partition coefficient (Wildman–Crippen LogP) is -1.86. The van der Waals surface area contributed by atoms with Crippen LogP contribution in [0.3, 0.4) is 0 Å². The third-order valence-electron chi connectivity index (χ3n) is 6.19. The number of amides is 2. The van der Waals surface area contributed by atoms with Crippen molar-refractivity contribution in [3.05, 3.63) is 32.0 Å². The van der Waals surface area contributed by atoms with Gasteiger partial charge in [-0.25, -0.2) is 4.98 Å². The molecule has 33 heavy (non-hydrogen) atoms. The van der Waals surface area contributed by atoms with Gasteiger partial charge < -0.3 is 30.4 Å². The number of aromatic carboxylic acids is 1. The van der Waals surface area contributed by atoms with Crippen molar-refractivity contribution >= 4 is 57.5 Å². The van der Waals surface area contributed by atoms with Crippen LogP contribution in [0.25, 0.3) is 0 Å². The number of aryl methyl sites for hydroxylation is 1. The summed E-state index contributed by atoms with van der Waals surface area (Å²) in [6.07, 6.45) is 1.84. The molecule has 2 aliphatic carbocycles. The molecule has 1 aliphatic heterocycles. The molecule has 2 aromatic rings. The number of piperidine rings is 1. The Hall–Kier alpha value is -1.70. The van der Waals surface area contributed by atoms with Gasteiger partial charge in [0.1, 0.15) is 5.69 Å². The van der Waals surface area contributed by atoms with Crippen LogP contribution < -0.4 is 39.5 Å². The third kappa shape index (κ3) is 4.77. The van der Waals surface area contributed by atoms with E-state index >= 15 is 0 Å². The molecule has 1 saturated heterocycles. The second-order valence-corrected chi connectivity index (χ2v) is 10.3. The summed E-state index contributed by atoms with van der Waals surface area (Å²) < 4.78 is 0. The Bertz CT molecular complexity index is 1120. The Kier molecular flexibility index (Phi) is 6.78. The van der Waals surface area contributed by atoms with Crippen molar-refractivity contribution in [2.45, 2.75) is 38.3 Å². The molecule has 170 valence electrons. The molecule has 3 aliphatic rings. The molecular weight excluding hydrogens is 484 g/mol. The first kappa shape index (κ1) is 24.4. The van der Waals surface area contributed by atoms with Gasteiger partial charge in [-0.3, -0.25) is 9.59 Å². The number of carboxylic acid groups (broad SMARTS) is 1. The van der Waals surface area contributed by atoms with Crippen molar-refractivity contribution in [1.82, 2.24) is 20.6 Å². The number of anilines is 1. The van der Waals surface area contributed by atoms with Crippen LogP contribution in [0, 0.1) is 18.8 Å². The number of halogens is 2. The maximum absolute atomic E-state index is 12.6. The first-order valence-electron chi connectivity index (χ1n) is 10.3. The minimum Gasteiger partial charge on any atom is -0.544 e. The fourth-order valence-corrected chi connectivity index (χ4v) is 5.61. The molecule has 2 aromatic heterocycles. The van der Waals surface area contributed by atoms with Gasteiger partial charge in [-0.2, -0.15) is 0 Å². The van der Waals surface area contributed by atoms with Gasteiger partial charge in [0.15, 0.2) is 5.13 Å². The first-order chi connectivity index (χ1) is 15.2. The zero-order valence-electron chi connectivity index (χ0n) is 18.0. The van der Waals surface area contributed by atoms with Crippen molar-refractivity contribution in [2.24, 2.45) is 11.8 Å². The topological polar surface area (TPSA) is 130 Å². The number of carbonyl (C=O) groups is 3. The quantitative estimate of drug-likeness (QED) is 0.380. The van der Waals surface area contributed by atoms with E-state index in [9.17, 15) is 19.5 Å². The monoisotopic (exact) mass is 503 g/mol. The van der Waals surface area contributed by atoms with Crippen molar-refractivity contribution in [1.29, 1.82) is 0 Å². The number of hydrogen-bond donors (Lipinski definition) is 3. The number of aromatic amines is 1. The Morgan fingerprint density at radius 2 is 1.85 bits per heavy atom. The molecular formula is C20H20Cl2LiN5O4S. The van der Waals surface area contributed by atoms with E-state index in [-0.39, 0.29) is 82.3 Å². The van der Waals surface area contributed by atoms with Crippen LogP contribution in [-0.2, 0) is 11.2 Å². The SMILES string of the molecule is Cc1[nH]c(C(=O)N[C@@H]2[C@@H]3CN(c4nc(CC(=O)NC5CC5)c(C(=O)[O-])s4)C[C@@H]32)c(Cl)c1Cl.[Li+]. The average molecular weight is 504 g/mol. The molecule has 3 atom stereocenters. The summed E-state index contributed by atoms with van der Waals surface area (Å²) in [5.74, 6) is -1.37. The van der Waals surface area contributed by atoms with Crippen LogP contribution in [0.1, 0.15) is 44.4 Å². The standard InChI is InChI=1S/C20H21Cl2N5O4S.Li/c1-7-13(21)14(22)16(23-7)18(29)26-15-9-5-27(6-10(9)15)20-25-11(17(32-20)19(30)31)4-12(28)24-8-2-3-8;/h8-10,15,23H,2-6H2,1H3,(H,24,28)(H,26,29)(H,30,31);/q;+1/p-1/t9-,10+,15-;. The summed E-state index contributed by atoms with van der Waals surface area (Å²) in [7, 11) is 0. The number of carbonyl (C=O) groups excluding carboxylic acids is 3. The second-order valence-electron chi connectivity index (χ2n) is 8.56. The molecule has 3 N–H and O–H groups in total. The summed E-state index contributed by atoms with van der Waals surface area (Å²) >= 11 is 13.2. The van der Waals surface area contributed by atoms with Crippen molar-refractivity contribution in [2.75, 3.05) is 18.0 Å². The van der Waals surface area contributed by atoms with Gasteiger partial charge in [0, 0.05) is 42.7 Å². The Balaban J connectivity index is 0.00000259. The maximum Gasteiger partial charge on any atom is 1.00 e. The summed E-state index contributed by atoms with van der Waals surface area (Å²) in [5, 5.41) is 18.5. The molecule has 0 spiro atoms. The summed E-state index contributed by atoms with van der Waals surface area (Å²) in [5.41, 5.74) is 1.13. The van der Waals surface area contributed by atoms with E-state index in [1.54, 1.807) is 6.92 Å². The van der Waals surface area contributed by atoms with Crippen molar-refractivity contribution < 1.29 is 38.4 Å². The molecule has 5 rings (SSSR count). The van der Waals surface area contributed by atoms with Crippen LogP contribution in [0.5, 0.6) is 0 Å². The Morgan fingerprint density at radius 1 is 1.18 bits per heavy atom. The molecule has 3 heterocycles. The zero-order chi connectivity index (χ0) is 22.7. The molecule has 9 nitrogen and oxygen atoms in total. The number of aromatic nitrogens is 2. The number of nitrogens with zero attached hydrogens (tertiary/aromatic N) is 2. The van der Waals surface area contributed by atoms with Gasteiger partial charge in [0.25, 0.3) is 5.91 Å². The normalized spacial score (nSPS) is 23.0. The van der Waals surface area contributed by atoms with E-state index in [0.717, 1.165) is 24.2 Å². The van der Waals surface area contributed by atoms with Gasteiger partial charge in [0.05, 0.1) is 33.0 Å². The molecule has 0 unspecified atom stereocenters. The predicted molar refractivity (Wildman–Crippen MR) is 117 cm³/mol. The molecule has 0 bridgehead atoms. The number of rotatable bonds is 7. The van der Waals surface area contributed by atoms with Crippen LogP contribution >= 0.6 is 34.5 Å². The number of H-pyrrole nitrogens is 1. The van der Waals surface area contributed by atoms with Crippen molar-refractivity contribution in [3.63, 3.8) is 0 Å². The number of carboxylic acids is 1. The number of thiazole rings is 1. The first-order valence-corrected chi connectivity index (χ1v) is 11.9. The van der Waals surface area contributed by atoms with Crippen LogP contribution in [0.4, 0.5) is 5.13 Å². The van der Waals surface area contributed by atoms with E-state index in [0.29, 0.717) is 28.9 Å². The second kappa shape index (κ2) is 9.15. The van der Waals surface area contributed by atoms with Gasteiger partial charge in [-0.15, -0.1) is 0 Å². The van der Waals surface area contributed by atoms with E-state index in [4.69, 9.17) is 23.2 Å².